The molecule has 0 amide bonds. The Bertz CT molecular complexity index is 508. The van der Waals surface area contributed by atoms with E-state index in [4.69, 9.17) is 4.42 Å². The number of nitrogens with one attached hydrogen (secondary N) is 1. The van der Waals surface area contributed by atoms with Gasteiger partial charge in [-0.1, -0.05) is 36.8 Å². The predicted molar refractivity (Wildman–Crippen MR) is 75.1 cm³/mol. The molecule has 2 rings (SSSR count). The van der Waals surface area contributed by atoms with Crippen LogP contribution in [0.3, 0.4) is 0 Å². The number of nitrogens with zero attached hydrogens (tertiary/aromatic N) is 2. The van der Waals surface area contributed by atoms with E-state index in [2.05, 4.69) is 53.6 Å². The second-order valence-corrected chi connectivity index (χ2v) is 4.76. The third-order valence-electron chi connectivity index (χ3n) is 2.89. The summed E-state index contributed by atoms with van der Waals surface area (Å²) in [5.74, 6) is 1.40. The summed E-state index contributed by atoms with van der Waals surface area (Å²) in [6, 6.07) is 8.37. The normalized spacial score (nSPS) is 10.8. The highest BCUT2D eigenvalue weighted by atomic mass is 16.4. The van der Waals surface area contributed by atoms with E-state index in [9.17, 15) is 0 Å². The molecular weight excluding hydrogens is 238 g/mol. The molecule has 102 valence electrons. The van der Waals surface area contributed by atoms with Crippen molar-refractivity contribution < 1.29 is 4.42 Å². The molecule has 1 N–H and O–H groups in total. The summed E-state index contributed by atoms with van der Waals surface area (Å²) in [7, 11) is 0. The zero-order chi connectivity index (χ0) is 13.5. The van der Waals surface area contributed by atoms with Gasteiger partial charge < -0.3 is 9.73 Å². The SMILES string of the molecule is CCCNCCc1nnc(Cc2cccc(C)c2)o1. The molecule has 0 saturated heterocycles. The van der Waals surface area contributed by atoms with Crippen molar-refractivity contribution in [2.24, 2.45) is 0 Å². The molecule has 0 fully saturated rings. The first kappa shape index (κ1) is 13.7. The van der Waals surface area contributed by atoms with Crippen LogP contribution in [-0.4, -0.2) is 23.3 Å². The van der Waals surface area contributed by atoms with Crippen LogP contribution in [0.1, 0.15) is 36.3 Å². The van der Waals surface area contributed by atoms with Gasteiger partial charge >= 0.3 is 0 Å². The minimum absolute atomic E-state index is 0.691. The molecule has 1 aromatic heterocycles. The summed E-state index contributed by atoms with van der Waals surface area (Å²) in [6.45, 7) is 6.16. The molecule has 0 aliphatic rings. The lowest BCUT2D eigenvalue weighted by atomic mass is 10.1. The van der Waals surface area contributed by atoms with Gasteiger partial charge in [0.05, 0.1) is 6.42 Å². The summed E-state index contributed by atoms with van der Waals surface area (Å²) in [5.41, 5.74) is 2.46. The molecule has 0 atom stereocenters. The zero-order valence-electron chi connectivity index (χ0n) is 11.6. The van der Waals surface area contributed by atoms with E-state index in [1.54, 1.807) is 0 Å². The van der Waals surface area contributed by atoms with E-state index in [-0.39, 0.29) is 0 Å². The highest BCUT2D eigenvalue weighted by Gasteiger charge is 2.06. The third kappa shape index (κ3) is 4.48. The topological polar surface area (TPSA) is 51.0 Å². The average Bonchev–Trinajstić information content (AvgIpc) is 2.82. The number of hydrogen-bond acceptors (Lipinski definition) is 4. The van der Waals surface area contributed by atoms with E-state index in [1.165, 1.54) is 11.1 Å². The highest BCUT2D eigenvalue weighted by molar-refractivity contribution is 5.24. The van der Waals surface area contributed by atoms with Crippen molar-refractivity contribution >= 4 is 0 Å². The molecule has 0 aliphatic heterocycles. The Morgan fingerprint density at radius 1 is 1.16 bits per heavy atom. The summed E-state index contributed by atoms with van der Waals surface area (Å²) in [6.07, 6.45) is 2.64. The van der Waals surface area contributed by atoms with Gasteiger partial charge in [0, 0.05) is 13.0 Å². The first-order valence-corrected chi connectivity index (χ1v) is 6.85. The summed E-state index contributed by atoms with van der Waals surface area (Å²) >= 11 is 0. The Balaban J connectivity index is 1.87. The number of aryl methyl sites for hydroxylation is 1. The molecule has 1 aromatic carbocycles. The predicted octanol–water partition coefficient (Wildman–Crippen LogP) is 2.51. The molecule has 0 unspecified atom stereocenters. The third-order valence-corrected chi connectivity index (χ3v) is 2.89. The molecule has 19 heavy (non-hydrogen) atoms. The van der Waals surface area contributed by atoms with Crippen LogP contribution in [0.2, 0.25) is 0 Å². The summed E-state index contributed by atoms with van der Waals surface area (Å²) < 4.78 is 5.65. The second-order valence-electron chi connectivity index (χ2n) is 4.76. The van der Waals surface area contributed by atoms with Gasteiger partial charge in [-0.15, -0.1) is 10.2 Å². The first-order valence-electron chi connectivity index (χ1n) is 6.85. The molecule has 4 nitrogen and oxygen atoms in total. The van der Waals surface area contributed by atoms with Crippen molar-refractivity contribution in [2.45, 2.75) is 33.1 Å². The van der Waals surface area contributed by atoms with Gasteiger partial charge in [0.1, 0.15) is 0 Å². The fourth-order valence-corrected chi connectivity index (χ4v) is 1.95. The number of hydrogen-bond donors (Lipinski definition) is 1. The summed E-state index contributed by atoms with van der Waals surface area (Å²) in [5, 5.41) is 11.5. The molecule has 0 bridgehead atoms. The Morgan fingerprint density at radius 3 is 2.79 bits per heavy atom. The van der Waals surface area contributed by atoms with Crippen molar-refractivity contribution in [3.63, 3.8) is 0 Å². The Kier molecular flexibility index (Phi) is 5.10. The largest absolute Gasteiger partial charge is 0.425 e. The van der Waals surface area contributed by atoms with Crippen LogP contribution in [0.25, 0.3) is 0 Å². The molecule has 0 saturated carbocycles. The lowest BCUT2D eigenvalue weighted by Crippen LogP contribution is -2.17. The van der Waals surface area contributed by atoms with Crippen molar-refractivity contribution in [1.29, 1.82) is 0 Å². The number of benzene rings is 1. The Morgan fingerprint density at radius 2 is 2.00 bits per heavy atom. The minimum Gasteiger partial charge on any atom is -0.425 e. The maximum absolute atomic E-state index is 5.65. The van der Waals surface area contributed by atoms with Gasteiger partial charge in [-0.2, -0.15) is 0 Å². The van der Waals surface area contributed by atoms with Crippen LogP contribution in [0.5, 0.6) is 0 Å². The molecule has 4 heteroatoms. The molecule has 2 aromatic rings. The average molecular weight is 259 g/mol. The van der Waals surface area contributed by atoms with Gasteiger partial charge in [0.15, 0.2) is 0 Å². The van der Waals surface area contributed by atoms with Crippen LogP contribution >= 0.6 is 0 Å². The van der Waals surface area contributed by atoms with E-state index in [1.807, 2.05) is 0 Å². The van der Waals surface area contributed by atoms with Gasteiger partial charge in [-0.25, -0.2) is 0 Å². The maximum Gasteiger partial charge on any atom is 0.220 e. The maximum atomic E-state index is 5.65. The monoisotopic (exact) mass is 259 g/mol. The van der Waals surface area contributed by atoms with Crippen LogP contribution in [-0.2, 0) is 12.8 Å². The molecule has 0 spiro atoms. The highest BCUT2D eigenvalue weighted by Crippen LogP contribution is 2.10. The van der Waals surface area contributed by atoms with E-state index in [0.29, 0.717) is 18.2 Å². The smallest absolute Gasteiger partial charge is 0.220 e. The first-order chi connectivity index (χ1) is 9.28. The fourth-order valence-electron chi connectivity index (χ4n) is 1.95. The lowest BCUT2D eigenvalue weighted by molar-refractivity contribution is 0.451. The quantitative estimate of drug-likeness (QED) is 0.776. The second kappa shape index (κ2) is 7.04. The van der Waals surface area contributed by atoms with Crippen molar-refractivity contribution in [3.05, 3.63) is 47.2 Å². The van der Waals surface area contributed by atoms with Crippen LogP contribution < -0.4 is 5.32 Å². The number of rotatable bonds is 7. The Labute approximate surface area is 114 Å². The standard InChI is InChI=1S/C15H21N3O/c1-3-8-16-9-7-14-17-18-15(19-14)11-13-6-4-5-12(2)10-13/h4-6,10,16H,3,7-9,11H2,1-2H3. The molecule has 0 aliphatic carbocycles. The lowest BCUT2D eigenvalue weighted by Gasteiger charge is -1.99. The fraction of sp³-hybridized carbons (Fsp3) is 0.467. The summed E-state index contributed by atoms with van der Waals surface area (Å²) in [4.78, 5) is 0. The van der Waals surface area contributed by atoms with Gasteiger partial charge in [0.25, 0.3) is 0 Å². The van der Waals surface area contributed by atoms with Crippen molar-refractivity contribution in [1.82, 2.24) is 15.5 Å². The minimum atomic E-state index is 0.691. The molecule has 1 heterocycles. The van der Waals surface area contributed by atoms with E-state index >= 15 is 0 Å². The zero-order valence-corrected chi connectivity index (χ0v) is 11.6. The Hall–Kier alpha value is -1.68. The van der Waals surface area contributed by atoms with Crippen LogP contribution in [0.15, 0.2) is 28.7 Å². The van der Waals surface area contributed by atoms with E-state index < -0.39 is 0 Å². The van der Waals surface area contributed by atoms with E-state index in [0.717, 1.165) is 25.9 Å². The molecule has 0 radical (unpaired) electrons. The van der Waals surface area contributed by atoms with Crippen LogP contribution in [0, 0.1) is 6.92 Å². The van der Waals surface area contributed by atoms with Gasteiger partial charge in [0.2, 0.25) is 11.8 Å². The molecular formula is C15H21N3O. The number of aromatic nitrogens is 2. The van der Waals surface area contributed by atoms with Crippen LogP contribution in [0.4, 0.5) is 0 Å². The van der Waals surface area contributed by atoms with Crippen molar-refractivity contribution in [3.8, 4) is 0 Å². The van der Waals surface area contributed by atoms with Gasteiger partial charge in [-0.3, -0.25) is 0 Å². The van der Waals surface area contributed by atoms with Crippen molar-refractivity contribution in [2.75, 3.05) is 13.1 Å². The van der Waals surface area contributed by atoms with Gasteiger partial charge in [-0.05, 0) is 25.5 Å².